The van der Waals surface area contributed by atoms with Gasteiger partial charge in [0.15, 0.2) is 0 Å². The summed E-state index contributed by atoms with van der Waals surface area (Å²) in [5, 5.41) is 3.34. The van der Waals surface area contributed by atoms with Gasteiger partial charge in [-0.05, 0) is 25.7 Å². The molecular formula is C11H20N2S. The standard InChI is InChI=1S/C11H20N2S/c1-8(12)5-11(3,4)6-10-13-9(2)7-14-10/h7-8H,5-6,12H2,1-4H3. The largest absolute Gasteiger partial charge is 0.328 e. The zero-order chi connectivity index (χ0) is 10.8. The number of nitrogens with zero attached hydrogens (tertiary/aromatic N) is 1. The van der Waals surface area contributed by atoms with Crippen molar-refractivity contribution in [2.75, 3.05) is 0 Å². The van der Waals surface area contributed by atoms with Crippen molar-refractivity contribution in [2.24, 2.45) is 11.1 Å². The second-order valence-corrected chi connectivity index (χ2v) is 5.85. The summed E-state index contributed by atoms with van der Waals surface area (Å²) in [5.74, 6) is 0. The minimum absolute atomic E-state index is 0.262. The van der Waals surface area contributed by atoms with E-state index in [0.29, 0.717) is 0 Å². The van der Waals surface area contributed by atoms with E-state index in [2.05, 4.69) is 31.1 Å². The van der Waals surface area contributed by atoms with Crippen molar-refractivity contribution in [2.45, 2.75) is 46.6 Å². The van der Waals surface area contributed by atoms with Crippen LogP contribution in [0.15, 0.2) is 5.38 Å². The molecular weight excluding hydrogens is 192 g/mol. The number of aromatic nitrogens is 1. The number of aryl methyl sites for hydroxylation is 1. The van der Waals surface area contributed by atoms with Crippen LogP contribution < -0.4 is 5.73 Å². The third kappa shape index (κ3) is 3.76. The molecule has 2 N–H and O–H groups in total. The Balaban J connectivity index is 2.58. The van der Waals surface area contributed by atoms with E-state index in [1.807, 2.05) is 6.92 Å². The molecule has 0 radical (unpaired) electrons. The Morgan fingerprint density at radius 3 is 2.64 bits per heavy atom. The third-order valence-electron chi connectivity index (χ3n) is 2.17. The van der Waals surface area contributed by atoms with E-state index in [0.717, 1.165) is 18.5 Å². The maximum Gasteiger partial charge on any atom is 0.0933 e. The maximum absolute atomic E-state index is 5.82. The molecule has 0 saturated heterocycles. The molecule has 0 spiro atoms. The Morgan fingerprint density at radius 2 is 2.21 bits per heavy atom. The molecule has 0 saturated carbocycles. The third-order valence-corrected chi connectivity index (χ3v) is 3.14. The van der Waals surface area contributed by atoms with Gasteiger partial charge in [0, 0.05) is 23.5 Å². The minimum Gasteiger partial charge on any atom is -0.328 e. The lowest BCUT2D eigenvalue weighted by molar-refractivity contribution is 0.309. The molecule has 1 unspecified atom stereocenters. The van der Waals surface area contributed by atoms with E-state index >= 15 is 0 Å². The van der Waals surface area contributed by atoms with Crippen LogP contribution in [0.25, 0.3) is 0 Å². The van der Waals surface area contributed by atoms with Crippen LogP contribution in [0, 0.1) is 12.3 Å². The van der Waals surface area contributed by atoms with E-state index in [1.165, 1.54) is 5.01 Å². The Hall–Kier alpha value is -0.410. The topological polar surface area (TPSA) is 38.9 Å². The summed E-state index contributed by atoms with van der Waals surface area (Å²) in [4.78, 5) is 4.48. The zero-order valence-corrected chi connectivity index (χ0v) is 10.3. The van der Waals surface area contributed by atoms with Crippen LogP contribution in [0.4, 0.5) is 0 Å². The quantitative estimate of drug-likeness (QED) is 0.833. The van der Waals surface area contributed by atoms with Gasteiger partial charge in [-0.25, -0.2) is 4.98 Å². The average Bonchev–Trinajstić information content (AvgIpc) is 2.30. The van der Waals surface area contributed by atoms with Gasteiger partial charge in [0.25, 0.3) is 0 Å². The first-order valence-corrected chi connectivity index (χ1v) is 5.93. The molecule has 0 aliphatic heterocycles. The molecule has 3 heteroatoms. The molecule has 1 aromatic heterocycles. The number of rotatable bonds is 4. The predicted octanol–water partition coefficient (Wildman–Crippen LogP) is 2.76. The van der Waals surface area contributed by atoms with Crippen molar-refractivity contribution in [1.29, 1.82) is 0 Å². The van der Waals surface area contributed by atoms with Crippen LogP contribution in [0.3, 0.4) is 0 Å². The molecule has 14 heavy (non-hydrogen) atoms. The van der Waals surface area contributed by atoms with E-state index in [4.69, 9.17) is 5.73 Å². The van der Waals surface area contributed by atoms with Gasteiger partial charge in [-0.3, -0.25) is 0 Å². The van der Waals surface area contributed by atoms with Crippen LogP contribution in [0.5, 0.6) is 0 Å². The van der Waals surface area contributed by atoms with E-state index < -0.39 is 0 Å². The van der Waals surface area contributed by atoms with Crippen LogP contribution in [0.1, 0.15) is 37.9 Å². The fraction of sp³-hybridized carbons (Fsp3) is 0.727. The van der Waals surface area contributed by atoms with Crippen LogP contribution in [-0.2, 0) is 6.42 Å². The fourth-order valence-corrected chi connectivity index (χ4v) is 2.87. The second-order valence-electron chi connectivity index (χ2n) is 4.91. The lowest BCUT2D eigenvalue weighted by atomic mass is 9.83. The maximum atomic E-state index is 5.82. The van der Waals surface area contributed by atoms with Crippen LogP contribution in [-0.4, -0.2) is 11.0 Å². The number of hydrogen-bond donors (Lipinski definition) is 1. The normalized spacial score (nSPS) is 14.4. The van der Waals surface area contributed by atoms with Crippen molar-refractivity contribution in [1.82, 2.24) is 4.98 Å². The lowest BCUT2D eigenvalue weighted by Crippen LogP contribution is -2.26. The van der Waals surface area contributed by atoms with Gasteiger partial charge < -0.3 is 5.73 Å². The molecule has 2 nitrogen and oxygen atoms in total. The van der Waals surface area contributed by atoms with Crippen molar-refractivity contribution in [3.05, 3.63) is 16.1 Å². The molecule has 0 fully saturated rings. The minimum atomic E-state index is 0.262. The molecule has 0 aromatic carbocycles. The first kappa shape index (κ1) is 11.7. The molecule has 1 aromatic rings. The van der Waals surface area contributed by atoms with Gasteiger partial charge >= 0.3 is 0 Å². The summed E-state index contributed by atoms with van der Waals surface area (Å²) in [7, 11) is 0. The van der Waals surface area contributed by atoms with Crippen LogP contribution >= 0.6 is 11.3 Å². The summed E-state index contributed by atoms with van der Waals surface area (Å²) in [5.41, 5.74) is 7.21. The highest BCUT2D eigenvalue weighted by Gasteiger charge is 2.21. The summed E-state index contributed by atoms with van der Waals surface area (Å²) in [6.07, 6.45) is 2.08. The molecule has 80 valence electrons. The molecule has 0 aliphatic rings. The van der Waals surface area contributed by atoms with Gasteiger partial charge in [-0.15, -0.1) is 11.3 Å². The molecule has 1 atom stereocenters. The average molecular weight is 212 g/mol. The highest BCUT2D eigenvalue weighted by Crippen LogP contribution is 2.28. The zero-order valence-electron chi connectivity index (χ0n) is 9.50. The van der Waals surface area contributed by atoms with Crippen molar-refractivity contribution in [3.8, 4) is 0 Å². The van der Waals surface area contributed by atoms with Crippen molar-refractivity contribution < 1.29 is 0 Å². The number of nitrogens with two attached hydrogens (primary N) is 1. The highest BCUT2D eigenvalue weighted by molar-refractivity contribution is 7.09. The first-order chi connectivity index (χ1) is 6.39. The molecule has 0 bridgehead atoms. The molecule has 1 heterocycles. The summed E-state index contributed by atoms with van der Waals surface area (Å²) >= 11 is 1.75. The van der Waals surface area contributed by atoms with Gasteiger partial charge in [0.2, 0.25) is 0 Å². The molecule has 1 rings (SSSR count). The second kappa shape index (κ2) is 4.41. The number of thiazole rings is 1. The Bertz CT molecular complexity index is 289. The smallest absolute Gasteiger partial charge is 0.0933 e. The lowest BCUT2D eigenvalue weighted by Gasteiger charge is -2.25. The van der Waals surface area contributed by atoms with Crippen molar-refractivity contribution in [3.63, 3.8) is 0 Å². The summed E-state index contributed by atoms with van der Waals surface area (Å²) in [6.45, 7) is 8.62. The van der Waals surface area contributed by atoms with E-state index in [-0.39, 0.29) is 11.5 Å². The Labute approximate surface area is 90.6 Å². The first-order valence-electron chi connectivity index (χ1n) is 5.06. The van der Waals surface area contributed by atoms with Gasteiger partial charge in [-0.2, -0.15) is 0 Å². The fourth-order valence-electron chi connectivity index (χ4n) is 1.84. The monoisotopic (exact) mass is 212 g/mol. The highest BCUT2D eigenvalue weighted by atomic mass is 32.1. The Morgan fingerprint density at radius 1 is 1.57 bits per heavy atom. The SMILES string of the molecule is Cc1csc(CC(C)(C)CC(C)N)n1. The summed E-state index contributed by atoms with van der Waals surface area (Å²) in [6, 6.07) is 0.269. The molecule has 0 aliphatic carbocycles. The van der Waals surface area contributed by atoms with Gasteiger partial charge in [0.05, 0.1) is 5.01 Å². The van der Waals surface area contributed by atoms with E-state index in [9.17, 15) is 0 Å². The van der Waals surface area contributed by atoms with Gasteiger partial charge in [0.1, 0.15) is 0 Å². The number of hydrogen-bond acceptors (Lipinski definition) is 3. The Kier molecular flexibility index (Phi) is 3.67. The van der Waals surface area contributed by atoms with Gasteiger partial charge in [-0.1, -0.05) is 13.8 Å². The van der Waals surface area contributed by atoms with Crippen molar-refractivity contribution >= 4 is 11.3 Å². The summed E-state index contributed by atoms with van der Waals surface area (Å²) < 4.78 is 0. The molecule has 0 amide bonds. The van der Waals surface area contributed by atoms with E-state index in [1.54, 1.807) is 11.3 Å². The predicted molar refractivity (Wildman–Crippen MR) is 62.6 cm³/mol. The van der Waals surface area contributed by atoms with Crippen LogP contribution in [0.2, 0.25) is 0 Å².